The Morgan fingerprint density at radius 3 is 2.06 bits per heavy atom. The molecular weight excluding hydrogens is 608 g/mol. The van der Waals surface area contributed by atoms with Gasteiger partial charge in [-0.15, -0.1) is 0 Å². The largest absolute Gasteiger partial charge is 0.494 e. The molecule has 4 aromatic rings. The molecule has 0 aliphatic heterocycles. The van der Waals surface area contributed by atoms with Crippen LogP contribution in [-0.2, 0) is 22.4 Å². The molecule has 0 heterocycles. The van der Waals surface area contributed by atoms with E-state index in [1.165, 1.54) is 31.4 Å². The van der Waals surface area contributed by atoms with E-state index in [1.54, 1.807) is 60.7 Å². The number of carbonyl (C=O) groups is 4. The molecule has 0 radical (unpaired) electrons. The van der Waals surface area contributed by atoms with E-state index in [2.05, 4.69) is 17.6 Å². The Kier molecular flexibility index (Phi) is 13.3. The molecule has 250 valence electrons. The molecule has 3 N–H and O–H groups in total. The predicted octanol–water partition coefficient (Wildman–Crippen LogP) is 7.17. The lowest BCUT2D eigenvalue weighted by atomic mass is 10.0. The van der Waals surface area contributed by atoms with Crippen molar-refractivity contribution in [3.05, 3.63) is 125 Å². The molecule has 0 saturated carbocycles. The van der Waals surface area contributed by atoms with E-state index >= 15 is 0 Å². The molecule has 0 aliphatic rings. The maximum atomic E-state index is 12.9. The van der Waals surface area contributed by atoms with E-state index in [9.17, 15) is 24.3 Å². The van der Waals surface area contributed by atoms with Gasteiger partial charge in [0.2, 0.25) is 5.91 Å². The van der Waals surface area contributed by atoms with Crippen LogP contribution in [0.5, 0.6) is 11.5 Å². The molecule has 0 bridgehead atoms. The monoisotopic (exact) mass is 650 g/mol. The Labute approximate surface area is 281 Å². The molecular formula is C39H42N2O7. The molecule has 0 saturated heterocycles. The molecule has 2 amide bonds. The van der Waals surface area contributed by atoms with Gasteiger partial charge >= 0.3 is 11.9 Å². The van der Waals surface area contributed by atoms with E-state index in [0.717, 1.165) is 24.0 Å². The summed E-state index contributed by atoms with van der Waals surface area (Å²) in [5, 5.41) is 15.2. The smallest absolute Gasteiger partial charge is 0.343 e. The van der Waals surface area contributed by atoms with Crippen LogP contribution in [0.25, 0.3) is 0 Å². The van der Waals surface area contributed by atoms with Crippen LogP contribution in [-0.4, -0.2) is 41.5 Å². The standard InChI is InChI=1S/C39H42N2O7/c1-3-4-5-6-9-24-47-33-22-16-30(17-23-33)39(46)48-34-20-12-28(13-21-34)25-35(38(44)45)41-37(43)29-14-18-32(19-15-29)40-36(42)26-31-11-8-7-10-27(31)2/h7-8,10-23,35H,3-6,9,24-26H2,1-2H3,(H,40,42)(H,41,43)(H,44,45). The molecule has 1 unspecified atom stereocenters. The zero-order valence-electron chi connectivity index (χ0n) is 27.4. The minimum absolute atomic E-state index is 0.0163. The number of aliphatic carboxylic acids is 1. The number of hydrogen-bond donors (Lipinski definition) is 3. The van der Waals surface area contributed by atoms with Crippen LogP contribution < -0.4 is 20.1 Å². The fourth-order valence-electron chi connectivity index (χ4n) is 5.01. The maximum Gasteiger partial charge on any atom is 0.343 e. The first-order valence-corrected chi connectivity index (χ1v) is 16.2. The fraction of sp³-hybridized carbons (Fsp3) is 0.282. The van der Waals surface area contributed by atoms with Crippen LogP contribution in [0.15, 0.2) is 97.1 Å². The van der Waals surface area contributed by atoms with Crippen LogP contribution in [0.4, 0.5) is 5.69 Å². The average molecular weight is 651 g/mol. The number of carbonyl (C=O) groups excluding carboxylic acids is 3. The Morgan fingerprint density at radius 1 is 0.750 bits per heavy atom. The zero-order valence-corrected chi connectivity index (χ0v) is 27.4. The van der Waals surface area contributed by atoms with Gasteiger partial charge in [0.05, 0.1) is 18.6 Å². The highest BCUT2D eigenvalue weighted by atomic mass is 16.5. The molecule has 4 rings (SSSR count). The highest BCUT2D eigenvalue weighted by Gasteiger charge is 2.21. The molecule has 9 nitrogen and oxygen atoms in total. The molecule has 0 spiro atoms. The number of nitrogens with one attached hydrogen (secondary N) is 2. The Morgan fingerprint density at radius 2 is 1.40 bits per heavy atom. The number of amides is 2. The summed E-state index contributed by atoms with van der Waals surface area (Å²) in [6, 6.07) is 25.9. The Hall–Kier alpha value is -5.44. The first-order chi connectivity index (χ1) is 23.2. The van der Waals surface area contributed by atoms with Gasteiger partial charge in [-0.25, -0.2) is 9.59 Å². The summed E-state index contributed by atoms with van der Waals surface area (Å²) in [4.78, 5) is 50.0. The van der Waals surface area contributed by atoms with Crippen LogP contribution in [0, 0.1) is 6.92 Å². The number of ether oxygens (including phenoxy) is 2. The highest BCUT2D eigenvalue weighted by Crippen LogP contribution is 2.19. The molecule has 0 aliphatic carbocycles. The lowest BCUT2D eigenvalue weighted by molar-refractivity contribution is -0.139. The van der Waals surface area contributed by atoms with Crippen LogP contribution in [0.1, 0.15) is 76.4 Å². The van der Waals surface area contributed by atoms with Gasteiger partial charge in [0.1, 0.15) is 17.5 Å². The van der Waals surface area contributed by atoms with Gasteiger partial charge in [0.25, 0.3) is 5.91 Å². The lowest BCUT2D eigenvalue weighted by Gasteiger charge is -2.15. The van der Waals surface area contributed by atoms with Gasteiger partial charge < -0.3 is 25.2 Å². The summed E-state index contributed by atoms with van der Waals surface area (Å²) in [5.41, 5.74) is 3.74. The summed E-state index contributed by atoms with van der Waals surface area (Å²) in [6.07, 6.45) is 6.01. The van der Waals surface area contributed by atoms with Crippen molar-refractivity contribution in [2.45, 2.75) is 64.8 Å². The number of hydrogen-bond acceptors (Lipinski definition) is 6. The van der Waals surface area contributed by atoms with Crippen LogP contribution in [0.3, 0.4) is 0 Å². The third-order valence-corrected chi connectivity index (χ3v) is 7.83. The van der Waals surface area contributed by atoms with Crippen LogP contribution in [0.2, 0.25) is 0 Å². The number of rotatable bonds is 17. The quantitative estimate of drug-likeness (QED) is 0.0627. The summed E-state index contributed by atoms with van der Waals surface area (Å²) in [5.74, 6) is -1.46. The van der Waals surface area contributed by atoms with E-state index in [-0.39, 0.29) is 24.3 Å². The summed E-state index contributed by atoms with van der Waals surface area (Å²) >= 11 is 0. The van der Waals surface area contributed by atoms with Gasteiger partial charge in [-0.2, -0.15) is 0 Å². The number of unbranched alkanes of at least 4 members (excludes halogenated alkanes) is 4. The normalized spacial score (nSPS) is 11.3. The van der Waals surface area contributed by atoms with Crippen molar-refractivity contribution < 1.29 is 33.8 Å². The van der Waals surface area contributed by atoms with Crippen LogP contribution >= 0.6 is 0 Å². The molecule has 0 aromatic heterocycles. The number of carboxylic acid groups (broad SMARTS) is 1. The van der Waals surface area contributed by atoms with Gasteiger partial charge in [-0.1, -0.05) is 69.0 Å². The van der Waals surface area contributed by atoms with Gasteiger partial charge in [-0.05, 0) is 90.7 Å². The third-order valence-electron chi connectivity index (χ3n) is 7.83. The van der Waals surface area contributed by atoms with E-state index in [0.29, 0.717) is 34.9 Å². The fourth-order valence-corrected chi connectivity index (χ4v) is 5.01. The minimum atomic E-state index is -1.20. The second kappa shape index (κ2) is 18.0. The van der Waals surface area contributed by atoms with Gasteiger partial charge in [-0.3, -0.25) is 9.59 Å². The Balaban J connectivity index is 1.25. The topological polar surface area (TPSA) is 131 Å². The van der Waals surface area contributed by atoms with E-state index < -0.39 is 23.9 Å². The molecule has 1 atom stereocenters. The van der Waals surface area contributed by atoms with Crippen molar-refractivity contribution in [1.82, 2.24) is 5.32 Å². The van der Waals surface area contributed by atoms with Crippen molar-refractivity contribution in [3.63, 3.8) is 0 Å². The average Bonchev–Trinajstić information content (AvgIpc) is 3.08. The van der Waals surface area contributed by atoms with Crippen molar-refractivity contribution in [3.8, 4) is 11.5 Å². The first-order valence-electron chi connectivity index (χ1n) is 16.2. The number of aryl methyl sites for hydroxylation is 1. The van der Waals surface area contributed by atoms with Gasteiger partial charge in [0, 0.05) is 17.7 Å². The molecule has 0 fully saturated rings. The predicted molar refractivity (Wildman–Crippen MR) is 185 cm³/mol. The summed E-state index contributed by atoms with van der Waals surface area (Å²) in [6.45, 7) is 4.76. The van der Waals surface area contributed by atoms with Gasteiger partial charge in [0.15, 0.2) is 0 Å². The SMILES string of the molecule is CCCCCCCOc1ccc(C(=O)Oc2ccc(CC(NC(=O)c3ccc(NC(=O)Cc4ccccc4C)cc3)C(=O)O)cc2)cc1. The molecule has 4 aromatic carbocycles. The van der Waals surface area contributed by atoms with E-state index in [4.69, 9.17) is 9.47 Å². The minimum Gasteiger partial charge on any atom is -0.494 e. The van der Waals surface area contributed by atoms with Crippen molar-refractivity contribution in [2.24, 2.45) is 0 Å². The second-order valence-electron chi connectivity index (χ2n) is 11.6. The second-order valence-corrected chi connectivity index (χ2v) is 11.6. The summed E-state index contributed by atoms with van der Waals surface area (Å²) in [7, 11) is 0. The number of carboxylic acids is 1. The van der Waals surface area contributed by atoms with Crippen molar-refractivity contribution >= 4 is 29.4 Å². The lowest BCUT2D eigenvalue weighted by Crippen LogP contribution is -2.42. The zero-order chi connectivity index (χ0) is 34.3. The first kappa shape index (κ1) is 35.4. The highest BCUT2D eigenvalue weighted by molar-refractivity contribution is 5.98. The molecule has 48 heavy (non-hydrogen) atoms. The third kappa shape index (κ3) is 11.1. The van der Waals surface area contributed by atoms with Crippen molar-refractivity contribution in [2.75, 3.05) is 11.9 Å². The van der Waals surface area contributed by atoms with E-state index in [1.807, 2.05) is 31.2 Å². The number of anilines is 1. The summed E-state index contributed by atoms with van der Waals surface area (Å²) < 4.78 is 11.2. The van der Waals surface area contributed by atoms with Crippen molar-refractivity contribution in [1.29, 1.82) is 0 Å². The maximum absolute atomic E-state index is 12.9. The Bertz CT molecular complexity index is 1670. The number of esters is 1. The molecule has 9 heteroatoms. The number of benzene rings is 4.